The summed E-state index contributed by atoms with van der Waals surface area (Å²) in [5, 5.41) is 7.60. The number of unbranched alkanes of at least 4 members (excludes halogenated alkanes) is 1. The lowest BCUT2D eigenvalue weighted by atomic mass is 10.1. The molecule has 0 aliphatic carbocycles. The number of hydrogen-bond acceptors (Lipinski definition) is 7. The number of thiazole rings is 1. The van der Waals surface area contributed by atoms with Crippen LogP contribution >= 0.6 is 23.1 Å². The predicted octanol–water partition coefficient (Wildman–Crippen LogP) is 3.89. The molecular formula is C20H25N3O4S2. The minimum Gasteiger partial charge on any atom is -0.468 e. The molecule has 0 aromatic carbocycles. The summed E-state index contributed by atoms with van der Waals surface area (Å²) in [5.41, 5.74) is 0.569. The number of hydrogen-bond donors (Lipinski definition) is 2. The average Bonchev–Trinajstić information content (AvgIpc) is 3.35. The Labute approximate surface area is 178 Å². The lowest BCUT2D eigenvalue weighted by Gasteiger charge is -2.16. The van der Waals surface area contributed by atoms with Gasteiger partial charge in [0.1, 0.15) is 5.76 Å². The number of nitrogens with one attached hydrogen (secondary N) is 2. The quantitative estimate of drug-likeness (QED) is 0.491. The fourth-order valence-electron chi connectivity index (χ4n) is 2.42. The number of amides is 2. The Morgan fingerprint density at radius 2 is 2.21 bits per heavy atom. The van der Waals surface area contributed by atoms with E-state index in [0.717, 1.165) is 18.6 Å². The second-order valence-electron chi connectivity index (χ2n) is 6.33. The first-order valence-electron chi connectivity index (χ1n) is 9.32. The van der Waals surface area contributed by atoms with Gasteiger partial charge < -0.3 is 15.1 Å². The van der Waals surface area contributed by atoms with Crippen molar-refractivity contribution in [3.63, 3.8) is 0 Å². The highest BCUT2D eigenvalue weighted by Gasteiger charge is 2.19. The Hall–Kier alpha value is -2.39. The smallest absolute Gasteiger partial charge is 0.244 e. The van der Waals surface area contributed by atoms with Gasteiger partial charge in [0.15, 0.2) is 10.9 Å². The number of nitrogens with zero attached hydrogens (tertiary/aromatic N) is 1. The first-order valence-corrected chi connectivity index (χ1v) is 11.4. The van der Waals surface area contributed by atoms with Crippen LogP contribution in [0.4, 0.5) is 5.13 Å². The molecule has 2 aromatic rings. The van der Waals surface area contributed by atoms with E-state index in [1.807, 2.05) is 19.1 Å². The minimum atomic E-state index is -0.512. The van der Waals surface area contributed by atoms with Crippen LogP contribution < -0.4 is 10.6 Å². The third-order valence-corrected chi connectivity index (χ3v) is 5.58. The molecular weight excluding hydrogens is 410 g/mol. The zero-order chi connectivity index (χ0) is 21.1. The van der Waals surface area contributed by atoms with Gasteiger partial charge in [-0.05, 0) is 24.6 Å². The number of aromatic nitrogens is 1. The predicted molar refractivity (Wildman–Crippen MR) is 117 cm³/mol. The first-order chi connectivity index (χ1) is 14.0. The van der Waals surface area contributed by atoms with Crippen molar-refractivity contribution in [3.8, 4) is 0 Å². The van der Waals surface area contributed by atoms with Crippen molar-refractivity contribution in [1.29, 1.82) is 0 Å². The van der Waals surface area contributed by atoms with E-state index in [4.69, 9.17) is 4.42 Å². The normalized spacial score (nSPS) is 12.1. The molecule has 0 bridgehead atoms. The largest absolute Gasteiger partial charge is 0.468 e. The number of carbonyl (C=O) groups is 3. The highest BCUT2D eigenvalue weighted by Crippen LogP contribution is 2.16. The number of carbonyl (C=O) groups excluding carboxylic acids is 3. The minimum absolute atomic E-state index is 0.00152. The zero-order valence-electron chi connectivity index (χ0n) is 16.5. The van der Waals surface area contributed by atoms with Crippen molar-refractivity contribution < 1.29 is 18.8 Å². The highest BCUT2D eigenvalue weighted by molar-refractivity contribution is 7.99. The third kappa shape index (κ3) is 8.66. The van der Waals surface area contributed by atoms with Crippen LogP contribution in [0, 0.1) is 0 Å². The molecule has 2 heterocycles. The van der Waals surface area contributed by atoms with Gasteiger partial charge in [-0.15, -0.1) is 23.1 Å². The lowest BCUT2D eigenvalue weighted by Crippen LogP contribution is -2.41. The second kappa shape index (κ2) is 12.2. The zero-order valence-corrected chi connectivity index (χ0v) is 18.1. The molecule has 0 spiro atoms. The summed E-state index contributed by atoms with van der Waals surface area (Å²) < 4.78 is 5.26. The molecule has 0 fully saturated rings. The van der Waals surface area contributed by atoms with Crippen LogP contribution in [0.15, 0.2) is 34.3 Å². The van der Waals surface area contributed by atoms with E-state index in [1.54, 1.807) is 17.7 Å². The summed E-state index contributed by atoms with van der Waals surface area (Å²) in [7, 11) is 0. The Morgan fingerprint density at radius 1 is 1.38 bits per heavy atom. The monoisotopic (exact) mass is 435 g/mol. The first kappa shape index (κ1) is 22.9. The molecule has 0 unspecified atom stereocenters. The van der Waals surface area contributed by atoms with Crippen LogP contribution in [0.2, 0.25) is 0 Å². The third-order valence-electron chi connectivity index (χ3n) is 3.83. The number of Topliss-reactive ketones (excluding diaryl/α,β-unsaturated/α-hetero) is 1. The molecule has 0 saturated heterocycles. The molecule has 2 rings (SSSR count). The van der Waals surface area contributed by atoms with Gasteiger partial charge in [-0.3, -0.25) is 14.4 Å². The highest BCUT2D eigenvalue weighted by atomic mass is 32.2. The van der Waals surface area contributed by atoms with Crippen LogP contribution in [-0.2, 0) is 20.1 Å². The maximum Gasteiger partial charge on any atom is 0.244 e. The molecule has 29 heavy (non-hydrogen) atoms. The van der Waals surface area contributed by atoms with Gasteiger partial charge in [0.05, 0.1) is 29.5 Å². The summed E-state index contributed by atoms with van der Waals surface area (Å²) in [6.45, 7) is 3.45. The SMILES string of the molecule is CCCC[C@H](NC(=O)C=Cc1csc(NC(C)=O)n1)C(=O)CSCc1ccco1. The Balaban J connectivity index is 1.86. The molecule has 156 valence electrons. The molecule has 7 nitrogen and oxygen atoms in total. The van der Waals surface area contributed by atoms with Crippen LogP contribution in [-0.4, -0.2) is 34.4 Å². The Bertz CT molecular complexity index is 831. The van der Waals surface area contributed by atoms with Gasteiger partial charge >= 0.3 is 0 Å². The fraction of sp³-hybridized carbons (Fsp3) is 0.400. The van der Waals surface area contributed by atoms with Crippen LogP contribution in [0.1, 0.15) is 44.6 Å². The van der Waals surface area contributed by atoms with E-state index in [-0.39, 0.29) is 17.6 Å². The van der Waals surface area contributed by atoms with Gasteiger partial charge in [0, 0.05) is 18.4 Å². The van der Waals surface area contributed by atoms with Crippen molar-refractivity contribution in [2.24, 2.45) is 0 Å². The fourth-order valence-corrected chi connectivity index (χ4v) is 4.02. The number of rotatable bonds is 12. The molecule has 0 saturated carbocycles. The molecule has 2 N–H and O–H groups in total. The molecule has 0 aliphatic rings. The standard InChI is InChI=1S/C20H25N3O4S2/c1-3-4-7-17(18(25)13-28-12-16-6-5-10-27-16)23-19(26)9-8-15-11-29-20(22-15)21-14(2)24/h5-6,8-11,17H,3-4,7,12-13H2,1-2H3,(H,23,26)(H,21,22,24)/t17-/m0/s1. The molecule has 0 aliphatic heterocycles. The van der Waals surface area contributed by atoms with E-state index in [0.29, 0.717) is 28.8 Å². The summed E-state index contributed by atoms with van der Waals surface area (Å²) in [4.78, 5) is 40.1. The molecule has 2 amide bonds. The molecule has 0 radical (unpaired) electrons. The molecule has 9 heteroatoms. The number of ketones is 1. The van der Waals surface area contributed by atoms with Crippen LogP contribution in [0.5, 0.6) is 0 Å². The topological polar surface area (TPSA) is 101 Å². The summed E-state index contributed by atoms with van der Waals surface area (Å²) >= 11 is 2.75. The van der Waals surface area contributed by atoms with E-state index < -0.39 is 6.04 Å². The van der Waals surface area contributed by atoms with E-state index in [9.17, 15) is 14.4 Å². The number of anilines is 1. The average molecular weight is 436 g/mol. The maximum absolute atomic E-state index is 12.6. The van der Waals surface area contributed by atoms with E-state index in [1.165, 1.54) is 36.1 Å². The van der Waals surface area contributed by atoms with Crippen molar-refractivity contribution in [3.05, 3.63) is 41.3 Å². The lowest BCUT2D eigenvalue weighted by molar-refractivity contribution is -0.124. The van der Waals surface area contributed by atoms with Crippen molar-refractivity contribution in [2.75, 3.05) is 11.1 Å². The van der Waals surface area contributed by atoms with Crippen molar-refractivity contribution >= 4 is 51.9 Å². The van der Waals surface area contributed by atoms with Crippen molar-refractivity contribution in [2.45, 2.75) is 44.9 Å². The van der Waals surface area contributed by atoms with Crippen LogP contribution in [0.25, 0.3) is 6.08 Å². The summed E-state index contributed by atoms with van der Waals surface area (Å²) in [5.74, 6) is 1.21. The summed E-state index contributed by atoms with van der Waals surface area (Å²) in [6, 6.07) is 3.17. The Kier molecular flexibility index (Phi) is 9.66. The van der Waals surface area contributed by atoms with Gasteiger partial charge in [0.25, 0.3) is 0 Å². The van der Waals surface area contributed by atoms with Gasteiger partial charge in [0.2, 0.25) is 11.8 Å². The molecule has 2 aromatic heterocycles. The number of thioether (sulfide) groups is 1. The summed E-state index contributed by atoms with van der Waals surface area (Å²) in [6.07, 6.45) is 6.93. The van der Waals surface area contributed by atoms with Gasteiger partial charge in [-0.1, -0.05) is 19.8 Å². The van der Waals surface area contributed by atoms with Crippen molar-refractivity contribution in [1.82, 2.24) is 10.3 Å². The van der Waals surface area contributed by atoms with E-state index >= 15 is 0 Å². The van der Waals surface area contributed by atoms with E-state index in [2.05, 4.69) is 15.6 Å². The molecule has 1 atom stereocenters. The van der Waals surface area contributed by atoms with Crippen LogP contribution in [0.3, 0.4) is 0 Å². The second-order valence-corrected chi connectivity index (χ2v) is 8.18. The van der Waals surface area contributed by atoms with Gasteiger partial charge in [-0.25, -0.2) is 4.98 Å². The number of furan rings is 1. The maximum atomic E-state index is 12.6. The Morgan fingerprint density at radius 3 is 2.90 bits per heavy atom. The van der Waals surface area contributed by atoms with Gasteiger partial charge in [-0.2, -0.15) is 0 Å².